The number of thiazole rings is 1. The minimum absolute atomic E-state index is 0.0630. The summed E-state index contributed by atoms with van der Waals surface area (Å²) >= 11 is 1.29. The first-order chi connectivity index (χ1) is 10.1. The van der Waals surface area contributed by atoms with Gasteiger partial charge in [0.1, 0.15) is 0 Å². The van der Waals surface area contributed by atoms with Crippen LogP contribution in [0.4, 0.5) is 0 Å². The van der Waals surface area contributed by atoms with Gasteiger partial charge >= 0.3 is 11.9 Å². The predicted octanol–water partition coefficient (Wildman–Crippen LogP) is 1.70. The van der Waals surface area contributed by atoms with Gasteiger partial charge in [0.15, 0.2) is 0 Å². The zero-order valence-electron chi connectivity index (χ0n) is 12.3. The first-order valence-electron chi connectivity index (χ1n) is 7.05. The lowest BCUT2D eigenvalue weighted by atomic mass is 9.98. The normalized spacial score (nSPS) is 19.2. The van der Waals surface area contributed by atoms with E-state index in [1.165, 1.54) is 18.4 Å². The fourth-order valence-corrected chi connectivity index (χ4v) is 3.15. The van der Waals surface area contributed by atoms with Crippen LogP contribution in [0.5, 0.6) is 0 Å². The number of ether oxygens (including phenoxy) is 2. The van der Waals surface area contributed by atoms with Gasteiger partial charge in [-0.1, -0.05) is 0 Å². The number of carbonyl (C=O) groups excluding carboxylic acids is 2. The van der Waals surface area contributed by atoms with Crippen LogP contribution in [0.2, 0.25) is 0 Å². The van der Waals surface area contributed by atoms with Crippen LogP contribution in [0.15, 0.2) is 5.38 Å². The van der Waals surface area contributed by atoms with E-state index in [0.29, 0.717) is 24.7 Å². The molecule has 1 aromatic heterocycles. The number of likely N-dealkylation sites (tertiary alicyclic amines) is 1. The molecule has 1 aromatic rings. The van der Waals surface area contributed by atoms with Gasteiger partial charge in [-0.25, -0.2) is 9.78 Å². The summed E-state index contributed by atoms with van der Waals surface area (Å²) in [6.45, 7) is 4.37. The molecule has 0 bridgehead atoms. The Kier molecular flexibility index (Phi) is 5.69. The van der Waals surface area contributed by atoms with Gasteiger partial charge in [-0.2, -0.15) is 0 Å². The number of hydrogen-bond donors (Lipinski definition) is 0. The smallest absolute Gasteiger partial charge is 0.367 e. The summed E-state index contributed by atoms with van der Waals surface area (Å²) in [6.07, 6.45) is 1.84. The van der Waals surface area contributed by atoms with E-state index in [4.69, 9.17) is 9.47 Å². The minimum atomic E-state index is -0.375. The number of nitrogens with zero attached hydrogens (tertiary/aromatic N) is 2. The summed E-state index contributed by atoms with van der Waals surface area (Å²) < 4.78 is 9.74. The van der Waals surface area contributed by atoms with Crippen LogP contribution in [0.1, 0.15) is 35.3 Å². The molecule has 1 atom stereocenters. The molecule has 1 aliphatic heterocycles. The summed E-state index contributed by atoms with van der Waals surface area (Å²) in [5.74, 6) is -0.586. The van der Waals surface area contributed by atoms with E-state index in [0.717, 1.165) is 25.1 Å². The lowest BCUT2D eigenvalue weighted by Gasteiger charge is -2.30. The van der Waals surface area contributed by atoms with Crippen LogP contribution < -0.4 is 0 Å². The van der Waals surface area contributed by atoms with Crippen LogP contribution in [0.3, 0.4) is 0 Å². The topological polar surface area (TPSA) is 68.7 Å². The molecule has 1 unspecified atom stereocenters. The maximum atomic E-state index is 11.6. The van der Waals surface area contributed by atoms with Crippen molar-refractivity contribution in [1.82, 2.24) is 9.88 Å². The lowest BCUT2D eigenvalue weighted by molar-refractivity contribution is -0.147. The molecule has 0 amide bonds. The van der Waals surface area contributed by atoms with E-state index in [9.17, 15) is 9.59 Å². The summed E-state index contributed by atoms with van der Waals surface area (Å²) in [5, 5.41) is 2.25. The van der Waals surface area contributed by atoms with Crippen LogP contribution in [-0.4, -0.2) is 48.6 Å². The number of hydrogen-bond acceptors (Lipinski definition) is 7. The highest BCUT2D eigenvalue weighted by molar-refractivity contribution is 7.11. The number of aromatic nitrogens is 1. The van der Waals surface area contributed by atoms with E-state index in [2.05, 4.69) is 9.88 Å². The standard InChI is InChI=1S/C14H20N2O4S/c1-3-20-14(18)12-15-11(9-21-12)8-16-6-4-5-10(7-16)13(17)19-2/h9-10H,3-8H2,1-2H3. The van der Waals surface area contributed by atoms with Crippen molar-refractivity contribution in [1.29, 1.82) is 0 Å². The maximum absolute atomic E-state index is 11.6. The second kappa shape index (κ2) is 7.51. The Hall–Kier alpha value is -1.47. The van der Waals surface area contributed by atoms with Gasteiger partial charge < -0.3 is 9.47 Å². The molecular weight excluding hydrogens is 292 g/mol. The third-order valence-electron chi connectivity index (χ3n) is 3.43. The molecule has 21 heavy (non-hydrogen) atoms. The first kappa shape index (κ1) is 15.9. The molecule has 0 radical (unpaired) electrons. The van der Waals surface area contributed by atoms with Crippen molar-refractivity contribution in [3.63, 3.8) is 0 Å². The SMILES string of the molecule is CCOC(=O)c1nc(CN2CCCC(C(=O)OC)C2)cs1. The Balaban J connectivity index is 1.92. The van der Waals surface area contributed by atoms with Gasteiger partial charge in [-0.3, -0.25) is 9.69 Å². The number of methoxy groups -OCH3 is 1. The van der Waals surface area contributed by atoms with E-state index < -0.39 is 0 Å². The molecule has 1 aliphatic rings. The number of rotatable bonds is 5. The molecule has 6 nitrogen and oxygen atoms in total. The van der Waals surface area contributed by atoms with E-state index in [1.807, 2.05) is 5.38 Å². The Bertz CT molecular complexity index is 503. The van der Waals surface area contributed by atoms with Crippen molar-refractivity contribution >= 4 is 23.3 Å². The van der Waals surface area contributed by atoms with Crippen LogP contribution in [0.25, 0.3) is 0 Å². The Morgan fingerprint density at radius 3 is 3.05 bits per heavy atom. The largest absolute Gasteiger partial charge is 0.469 e. The minimum Gasteiger partial charge on any atom is -0.469 e. The molecule has 0 saturated carbocycles. The van der Waals surface area contributed by atoms with Crippen LogP contribution >= 0.6 is 11.3 Å². The molecule has 1 saturated heterocycles. The van der Waals surface area contributed by atoms with Crippen molar-refractivity contribution in [2.45, 2.75) is 26.3 Å². The second-order valence-electron chi connectivity index (χ2n) is 4.96. The van der Waals surface area contributed by atoms with Crippen molar-refractivity contribution in [2.24, 2.45) is 5.92 Å². The van der Waals surface area contributed by atoms with Gasteiger partial charge in [0, 0.05) is 18.5 Å². The third kappa shape index (κ3) is 4.25. The first-order valence-corrected chi connectivity index (χ1v) is 7.93. The molecule has 2 heterocycles. The molecule has 116 valence electrons. The Labute approximate surface area is 128 Å². The monoisotopic (exact) mass is 312 g/mol. The van der Waals surface area contributed by atoms with Gasteiger partial charge in [0.2, 0.25) is 5.01 Å². The maximum Gasteiger partial charge on any atom is 0.367 e. The average molecular weight is 312 g/mol. The van der Waals surface area contributed by atoms with Crippen molar-refractivity contribution in [3.8, 4) is 0 Å². The summed E-state index contributed by atoms with van der Waals surface area (Å²) in [4.78, 5) is 29.7. The predicted molar refractivity (Wildman–Crippen MR) is 78.1 cm³/mol. The molecule has 0 aliphatic carbocycles. The van der Waals surface area contributed by atoms with E-state index in [1.54, 1.807) is 6.92 Å². The molecule has 0 aromatic carbocycles. The summed E-state index contributed by atoms with van der Waals surface area (Å²) in [5.41, 5.74) is 0.841. The Morgan fingerprint density at radius 1 is 1.52 bits per heavy atom. The van der Waals surface area contributed by atoms with Gasteiger partial charge in [-0.05, 0) is 26.3 Å². The summed E-state index contributed by atoms with van der Waals surface area (Å²) in [6, 6.07) is 0. The van der Waals surface area contributed by atoms with Crippen molar-refractivity contribution in [3.05, 3.63) is 16.1 Å². The zero-order chi connectivity index (χ0) is 15.2. The van der Waals surface area contributed by atoms with Gasteiger partial charge in [0.05, 0.1) is 25.3 Å². The quantitative estimate of drug-likeness (QED) is 0.771. The highest BCUT2D eigenvalue weighted by atomic mass is 32.1. The Morgan fingerprint density at radius 2 is 2.33 bits per heavy atom. The second-order valence-corrected chi connectivity index (χ2v) is 5.82. The molecule has 2 rings (SSSR count). The highest BCUT2D eigenvalue weighted by Crippen LogP contribution is 2.20. The molecule has 0 spiro atoms. The van der Waals surface area contributed by atoms with Crippen molar-refractivity contribution < 1.29 is 19.1 Å². The average Bonchev–Trinajstić information content (AvgIpc) is 2.95. The van der Waals surface area contributed by atoms with Crippen LogP contribution in [-0.2, 0) is 20.8 Å². The van der Waals surface area contributed by atoms with E-state index >= 15 is 0 Å². The van der Waals surface area contributed by atoms with Crippen LogP contribution in [0, 0.1) is 5.92 Å². The fourth-order valence-electron chi connectivity index (χ4n) is 2.45. The molecular formula is C14H20N2O4S. The number of piperidine rings is 1. The molecule has 0 N–H and O–H groups in total. The van der Waals surface area contributed by atoms with E-state index in [-0.39, 0.29) is 17.9 Å². The number of esters is 2. The zero-order valence-corrected chi connectivity index (χ0v) is 13.1. The summed E-state index contributed by atoms with van der Waals surface area (Å²) in [7, 11) is 1.42. The highest BCUT2D eigenvalue weighted by Gasteiger charge is 2.26. The fraction of sp³-hybridized carbons (Fsp3) is 0.643. The molecule has 7 heteroatoms. The molecule has 1 fully saturated rings. The third-order valence-corrected chi connectivity index (χ3v) is 4.30. The van der Waals surface area contributed by atoms with Crippen molar-refractivity contribution in [2.75, 3.05) is 26.8 Å². The number of carbonyl (C=O) groups is 2. The van der Waals surface area contributed by atoms with Gasteiger partial charge in [0.25, 0.3) is 0 Å². The van der Waals surface area contributed by atoms with Gasteiger partial charge in [-0.15, -0.1) is 11.3 Å². The lowest BCUT2D eigenvalue weighted by Crippen LogP contribution is -2.38.